The highest BCUT2D eigenvalue weighted by Crippen LogP contribution is 2.33. The van der Waals surface area contributed by atoms with Crippen molar-refractivity contribution in [3.05, 3.63) is 22.2 Å². The molecule has 1 rings (SSSR count). The number of aliphatic carboxylic acids is 1. The number of benzene rings is 1. The third kappa shape index (κ3) is 5.96. The number of halogens is 1. The van der Waals surface area contributed by atoms with Gasteiger partial charge in [-0.05, 0) is 47.2 Å². The summed E-state index contributed by atoms with van der Waals surface area (Å²) in [5.74, 6) is -0.329. The number of carbonyl (C=O) groups is 1. The maximum Gasteiger partial charge on any atom is 0.341 e. The standard InChI is InChI=1S/C12H14BrN3O4S/c1-2-19-9-3-7(5-15-16-12(14)21)8(13)4-10(9)20-6-11(17)18/h3-5H,2,6H2,1H3,(H,17,18)(H3,14,16,21). The van der Waals surface area contributed by atoms with Gasteiger partial charge in [0.15, 0.2) is 23.2 Å². The molecule has 4 N–H and O–H groups in total. The average Bonchev–Trinajstić information content (AvgIpc) is 2.40. The smallest absolute Gasteiger partial charge is 0.341 e. The summed E-state index contributed by atoms with van der Waals surface area (Å²) in [7, 11) is 0. The Morgan fingerprint density at radius 2 is 2.19 bits per heavy atom. The molecule has 0 aliphatic rings. The number of hydrogen-bond donors (Lipinski definition) is 3. The summed E-state index contributed by atoms with van der Waals surface area (Å²) in [5.41, 5.74) is 8.38. The molecule has 0 fully saturated rings. The Morgan fingerprint density at radius 3 is 2.76 bits per heavy atom. The van der Waals surface area contributed by atoms with Crippen molar-refractivity contribution < 1.29 is 19.4 Å². The van der Waals surface area contributed by atoms with Crippen LogP contribution in [0.15, 0.2) is 21.7 Å². The number of ether oxygens (including phenoxy) is 2. The minimum atomic E-state index is -1.07. The summed E-state index contributed by atoms with van der Waals surface area (Å²) >= 11 is 7.97. The lowest BCUT2D eigenvalue weighted by Gasteiger charge is -2.12. The van der Waals surface area contributed by atoms with E-state index in [4.69, 9.17) is 20.3 Å². The molecular weight excluding hydrogens is 362 g/mol. The van der Waals surface area contributed by atoms with Gasteiger partial charge in [0.05, 0.1) is 12.8 Å². The molecule has 0 atom stereocenters. The molecule has 1 aromatic carbocycles. The monoisotopic (exact) mass is 375 g/mol. The van der Waals surface area contributed by atoms with Gasteiger partial charge in [-0.3, -0.25) is 5.43 Å². The lowest BCUT2D eigenvalue weighted by atomic mass is 10.2. The number of hydrogen-bond acceptors (Lipinski definition) is 5. The van der Waals surface area contributed by atoms with E-state index in [-0.39, 0.29) is 5.11 Å². The van der Waals surface area contributed by atoms with E-state index in [0.29, 0.717) is 28.1 Å². The van der Waals surface area contributed by atoms with Gasteiger partial charge in [-0.1, -0.05) is 0 Å². The fourth-order valence-electron chi connectivity index (χ4n) is 1.34. The van der Waals surface area contributed by atoms with Gasteiger partial charge >= 0.3 is 5.97 Å². The molecule has 9 heteroatoms. The van der Waals surface area contributed by atoms with Gasteiger partial charge in [0.25, 0.3) is 0 Å². The highest BCUT2D eigenvalue weighted by atomic mass is 79.9. The summed E-state index contributed by atoms with van der Waals surface area (Å²) in [6, 6.07) is 3.27. The molecule has 0 aromatic heterocycles. The fourth-order valence-corrected chi connectivity index (χ4v) is 1.81. The van der Waals surface area contributed by atoms with Crippen molar-refractivity contribution in [3.63, 3.8) is 0 Å². The summed E-state index contributed by atoms with van der Waals surface area (Å²) < 4.78 is 11.2. The van der Waals surface area contributed by atoms with Crippen LogP contribution in [0.3, 0.4) is 0 Å². The normalized spacial score (nSPS) is 10.4. The quantitative estimate of drug-likeness (QED) is 0.376. The zero-order valence-corrected chi connectivity index (χ0v) is 13.5. The number of carboxylic acids is 1. The second-order valence-electron chi connectivity index (χ2n) is 3.67. The Kier molecular flexibility index (Phi) is 6.89. The van der Waals surface area contributed by atoms with Crippen molar-refractivity contribution >= 4 is 45.4 Å². The SMILES string of the molecule is CCOc1cc(C=NNC(N)=S)c(Br)cc1OCC(=O)O. The number of nitrogens with two attached hydrogens (primary N) is 1. The Balaban J connectivity index is 3.01. The number of nitrogens with one attached hydrogen (secondary N) is 1. The van der Waals surface area contributed by atoms with E-state index >= 15 is 0 Å². The molecule has 7 nitrogen and oxygen atoms in total. The van der Waals surface area contributed by atoms with Crippen LogP contribution >= 0.6 is 28.1 Å². The first-order valence-electron chi connectivity index (χ1n) is 5.83. The Hall–Kier alpha value is -1.87. The first kappa shape index (κ1) is 17.2. The van der Waals surface area contributed by atoms with E-state index in [1.807, 2.05) is 6.92 Å². The van der Waals surface area contributed by atoms with Crippen LogP contribution in [0.4, 0.5) is 0 Å². The zero-order valence-electron chi connectivity index (χ0n) is 11.1. The maximum absolute atomic E-state index is 10.6. The lowest BCUT2D eigenvalue weighted by molar-refractivity contribution is -0.139. The van der Waals surface area contributed by atoms with Crippen molar-refractivity contribution in [3.8, 4) is 11.5 Å². The van der Waals surface area contributed by atoms with Gasteiger partial charge in [0.2, 0.25) is 0 Å². The molecule has 0 amide bonds. The molecule has 114 valence electrons. The Morgan fingerprint density at radius 1 is 1.52 bits per heavy atom. The molecule has 0 aliphatic carbocycles. The maximum atomic E-state index is 10.6. The molecule has 1 aromatic rings. The van der Waals surface area contributed by atoms with Crippen LogP contribution in [-0.4, -0.2) is 35.6 Å². The van der Waals surface area contributed by atoms with Crippen molar-refractivity contribution in [1.29, 1.82) is 0 Å². The number of hydrazone groups is 1. The number of rotatable bonds is 7. The molecule has 0 aliphatic heterocycles. The van der Waals surface area contributed by atoms with Gasteiger partial charge < -0.3 is 20.3 Å². The predicted molar refractivity (Wildman–Crippen MR) is 86.0 cm³/mol. The van der Waals surface area contributed by atoms with E-state index in [9.17, 15) is 4.79 Å². The van der Waals surface area contributed by atoms with Crippen LogP contribution in [0.2, 0.25) is 0 Å². The van der Waals surface area contributed by atoms with E-state index in [1.165, 1.54) is 6.21 Å². The molecule has 0 saturated heterocycles. The van der Waals surface area contributed by atoms with Gasteiger partial charge in [-0.25, -0.2) is 4.79 Å². The molecule has 0 heterocycles. The summed E-state index contributed by atoms with van der Waals surface area (Å²) in [4.78, 5) is 10.6. The summed E-state index contributed by atoms with van der Waals surface area (Å²) in [6.07, 6.45) is 1.49. The topological polar surface area (TPSA) is 106 Å². The molecule has 21 heavy (non-hydrogen) atoms. The average molecular weight is 376 g/mol. The predicted octanol–water partition coefficient (Wildman–Crippen LogP) is 1.48. The third-order valence-corrected chi connectivity index (χ3v) is 2.87. The van der Waals surface area contributed by atoms with Crippen molar-refractivity contribution in [2.45, 2.75) is 6.92 Å². The van der Waals surface area contributed by atoms with Crippen LogP contribution in [0.1, 0.15) is 12.5 Å². The Bertz CT molecular complexity index is 566. The minimum absolute atomic E-state index is 0.0498. The molecular formula is C12H14BrN3O4S. The summed E-state index contributed by atoms with van der Waals surface area (Å²) in [5, 5.41) is 12.6. The van der Waals surface area contributed by atoms with Crippen molar-refractivity contribution in [2.24, 2.45) is 10.8 Å². The van der Waals surface area contributed by atoms with Crippen LogP contribution in [0.5, 0.6) is 11.5 Å². The molecule has 0 radical (unpaired) electrons. The molecule has 0 bridgehead atoms. The van der Waals surface area contributed by atoms with Crippen molar-refractivity contribution in [1.82, 2.24) is 5.43 Å². The highest BCUT2D eigenvalue weighted by molar-refractivity contribution is 9.10. The first-order valence-corrected chi connectivity index (χ1v) is 7.03. The number of thiocarbonyl (C=S) groups is 1. The van der Waals surface area contributed by atoms with Gasteiger partial charge in [0.1, 0.15) is 0 Å². The Labute approximate surface area is 135 Å². The van der Waals surface area contributed by atoms with E-state index in [2.05, 4.69) is 38.7 Å². The number of carboxylic acid groups (broad SMARTS) is 1. The molecule has 0 saturated carbocycles. The van der Waals surface area contributed by atoms with Crippen molar-refractivity contribution in [2.75, 3.05) is 13.2 Å². The van der Waals surface area contributed by atoms with Gasteiger partial charge in [-0.2, -0.15) is 5.10 Å². The van der Waals surface area contributed by atoms with Gasteiger partial charge in [0, 0.05) is 10.0 Å². The largest absolute Gasteiger partial charge is 0.490 e. The van der Waals surface area contributed by atoms with E-state index in [1.54, 1.807) is 12.1 Å². The molecule has 0 unspecified atom stereocenters. The van der Waals surface area contributed by atoms with Crippen LogP contribution in [0.25, 0.3) is 0 Å². The molecule has 0 spiro atoms. The summed E-state index contributed by atoms with van der Waals surface area (Å²) in [6.45, 7) is 1.76. The van der Waals surface area contributed by atoms with Crippen LogP contribution in [0, 0.1) is 0 Å². The van der Waals surface area contributed by atoms with Crippen LogP contribution in [-0.2, 0) is 4.79 Å². The third-order valence-electron chi connectivity index (χ3n) is 2.09. The zero-order chi connectivity index (χ0) is 15.8. The second-order valence-corrected chi connectivity index (χ2v) is 4.96. The first-order chi connectivity index (χ1) is 9.93. The fraction of sp³-hybridized carbons (Fsp3) is 0.250. The lowest BCUT2D eigenvalue weighted by Crippen LogP contribution is -2.24. The van der Waals surface area contributed by atoms with Crippen LogP contribution < -0.4 is 20.6 Å². The van der Waals surface area contributed by atoms with Gasteiger partial charge in [-0.15, -0.1) is 0 Å². The highest BCUT2D eigenvalue weighted by Gasteiger charge is 2.11. The van der Waals surface area contributed by atoms with E-state index in [0.717, 1.165) is 0 Å². The van der Waals surface area contributed by atoms with E-state index < -0.39 is 12.6 Å². The minimum Gasteiger partial charge on any atom is -0.490 e. The number of nitrogens with zero attached hydrogens (tertiary/aromatic N) is 1. The second kappa shape index (κ2) is 8.42.